The summed E-state index contributed by atoms with van der Waals surface area (Å²) in [6.07, 6.45) is 3.29. The zero-order valence-corrected chi connectivity index (χ0v) is 15.5. The van der Waals surface area contributed by atoms with Crippen molar-refractivity contribution in [1.82, 2.24) is 15.1 Å². The Bertz CT molecular complexity index is 952. The van der Waals surface area contributed by atoms with Gasteiger partial charge in [0.2, 0.25) is 11.8 Å². The molecule has 0 aliphatic heterocycles. The van der Waals surface area contributed by atoms with Crippen LogP contribution >= 0.6 is 0 Å². The maximum atomic E-state index is 15.2. The minimum absolute atomic E-state index is 0.0224. The quantitative estimate of drug-likeness (QED) is 0.685. The molecule has 3 aromatic rings. The number of nitrogens with zero attached hydrogens (tertiary/aromatic N) is 3. The molecule has 1 saturated carbocycles. The van der Waals surface area contributed by atoms with Gasteiger partial charge in [-0.2, -0.15) is 0 Å². The van der Waals surface area contributed by atoms with Gasteiger partial charge in [-0.25, -0.2) is 14.4 Å². The van der Waals surface area contributed by atoms with Gasteiger partial charge in [0.05, 0.1) is 6.10 Å². The van der Waals surface area contributed by atoms with E-state index in [-0.39, 0.29) is 30.9 Å². The SMILES string of the molecule is CC(C)Oc1cc([C@]2(F)C[C@@H](Oc3ccc(-c4cc(O)no4)cn3)C2)ccn1. The van der Waals surface area contributed by atoms with E-state index in [1.54, 1.807) is 36.7 Å². The van der Waals surface area contributed by atoms with Crippen LogP contribution < -0.4 is 9.47 Å². The molecule has 4 rings (SSSR count). The van der Waals surface area contributed by atoms with Gasteiger partial charge in [0.15, 0.2) is 5.76 Å². The van der Waals surface area contributed by atoms with Crippen LogP contribution in [0.4, 0.5) is 4.39 Å². The second-order valence-corrected chi connectivity index (χ2v) is 7.10. The van der Waals surface area contributed by atoms with E-state index < -0.39 is 5.67 Å². The standard InChI is InChI=1S/C20H20FN3O4/c1-12(2)26-19-7-14(5-6-22-19)20(21)9-15(10-20)27-18-4-3-13(11-23-18)16-8-17(25)24-28-16/h3-8,11-12,15H,9-10H2,1-2H3,(H,24,25)/t15-,20+. The van der Waals surface area contributed by atoms with Gasteiger partial charge in [-0.1, -0.05) is 0 Å². The van der Waals surface area contributed by atoms with E-state index in [9.17, 15) is 5.11 Å². The summed E-state index contributed by atoms with van der Waals surface area (Å²) in [7, 11) is 0. The Morgan fingerprint density at radius 1 is 1.18 bits per heavy atom. The monoisotopic (exact) mass is 385 g/mol. The highest BCUT2D eigenvalue weighted by atomic mass is 19.1. The second-order valence-electron chi connectivity index (χ2n) is 7.10. The van der Waals surface area contributed by atoms with E-state index in [0.29, 0.717) is 28.6 Å². The average molecular weight is 385 g/mol. The zero-order valence-electron chi connectivity index (χ0n) is 15.5. The highest BCUT2D eigenvalue weighted by Crippen LogP contribution is 2.47. The van der Waals surface area contributed by atoms with Gasteiger partial charge in [0.25, 0.3) is 5.88 Å². The van der Waals surface area contributed by atoms with E-state index in [1.165, 1.54) is 6.07 Å². The highest BCUT2D eigenvalue weighted by molar-refractivity contribution is 5.57. The van der Waals surface area contributed by atoms with Gasteiger partial charge in [0, 0.05) is 49.0 Å². The van der Waals surface area contributed by atoms with Crippen LogP contribution in [0.2, 0.25) is 0 Å². The number of hydrogen-bond acceptors (Lipinski definition) is 7. The third-order valence-corrected chi connectivity index (χ3v) is 4.52. The van der Waals surface area contributed by atoms with Crippen LogP contribution in [0, 0.1) is 0 Å². The van der Waals surface area contributed by atoms with Crippen molar-refractivity contribution >= 4 is 0 Å². The smallest absolute Gasteiger partial charge is 0.252 e. The molecule has 0 atom stereocenters. The number of halogens is 1. The summed E-state index contributed by atoms with van der Waals surface area (Å²) < 4.78 is 31.4. The number of rotatable bonds is 6. The number of aromatic nitrogens is 3. The first kappa shape index (κ1) is 18.2. The first-order valence-corrected chi connectivity index (χ1v) is 9.02. The largest absolute Gasteiger partial charge is 0.491 e. The van der Waals surface area contributed by atoms with Gasteiger partial charge in [-0.15, -0.1) is 0 Å². The molecule has 0 bridgehead atoms. The van der Waals surface area contributed by atoms with Crippen molar-refractivity contribution in [2.24, 2.45) is 0 Å². The first-order chi connectivity index (χ1) is 13.4. The number of pyridine rings is 2. The molecule has 1 N–H and O–H groups in total. The van der Waals surface area contributed by atoms with Gasteiger partial charge in [0.1, 0.15) is 11.8 Å². The summed E-state index contributed by atoms with van der Waals surface area (Å²) in [5.74, 6) is 1.03. The Labute approximate surface area is 161 Å². The second kappa shape index (κ2) is 7.10. The molecule has 1 aliphatic carbocycles. The summed E-state index contributed by atoms with van der Waals surface area (Å²) in [4.78, 5) is 8.32. The normalized spacial score (nSPS) is 21.4. The Morgan fingerprint density at radius 2 is 2.00 bits per heavy atom. The van der Waals surface area contributed by atoms with Crippen LogP contribution in [-0.4, -0.2) is 32.4 Å². The fourth-order valence-corrected chi connectivity index (χ4v) is 3.14. The average Bonchev–Trinajstić information content (AvgIpc) is 3.07. The van der Waals surface area contributed by atoms with Gasteiger partial charge >= 0.3 is 0 Å². The predicted octanol–water partition coefficient (Wildman–Crippen LogP) is 4.03. The summed E-state index contributed by atoms with van der Waals surface area (Å²) in [5.41, 5.74) is -0.255. The topological polar surface area (TPSA) is 90.5 Å². The molecule has 7 nitrogen and oxygen atoms in total. The molecule has 0 amide bonds. The van der Waals surface area contributed by atoms with Gasteiger partial charge in [-0.05, 0) is 36.7 Å². The van der Waals surface area contributed by atoms with Crippen LogP contribution in [0.5, 0.6) is 17.6 Å². The lowest BCUT2D eigenvalue weighted by molar-refractivity contribution is -0.0488. The highest BCUT2D eigenvalue weighted by Gasteiger charge is 2.48. The van der Waals surface area contributed by atoms with Crippen molar-refractivity contribution in [2.45, 2.75) is 44.6 Å². The third kappa shape index (κ3) is 3.76. The molecule has 3 heterocycles. The molecule has 146 valence electrons. The number of alkyl halides is 1. The van der Waals surface area contributed by atoms with Gasteiger partial charge < -0.3 is 19.1 Å². The van der Waals surface area contributed by atoms with Crippen LogP contribution in [0.1, 0.15) is 32.3 Å². The number of aromatic hydroxyl groups is 1. The van der Waals surface area contributed by atoms with Crippen molar-refractivity contribution in [2.75, 3.05) is 0 Å². The summed E-state index contributed by atoms with van der Waals surface area (Å²) in [6.45, 7) is 3.80. The summed E-state index contributed by atoms with van der Waals surface area (Å²) in [6, 6.07) is 8.13. The lowest BCUT2D eigenvalue weighted by Crippen LogP contribution is -2.44. The van der Waals surface area contributed by atoms with Crippen molar-refractivity contribution in [3.63, 3.8) is 0 Å². The van der Waals surface area contributed by atoms with Crippen molar-refractivity contribution in [3.8, 4) is 29.0 Å². The molecule has 0 radical (unpaired) electrons. The van der Waals surface area contributed by atoms with E-state index in [4.69, 9.17) is 14.0 Å². The third-order valence-electron chi connectivity index (χ3n) is 4.52. The van der Waals surface area contributed by atoms with Crippen LogP contribution in [0.15, 0.2) is 47.2 Å². The minimum atomic E-state index is -1.46. The van der Waals surface area contributed by atoms with E-state index in [0.717, 1.165) is 0 Å². The Hall–Kier alpha value is -3.16. The molecular weight excluding hydrogens is 365 g/mol. The fourth-order valence-electron chi connectivity index (χ4n) is 3.14. The van der Waals surface area contributed by atoms with Crippen molar-refractivity contribution < 1.29 is 23.5 Å². The maximum Gasteiger partial charge on any atom is 0.252 e. The Morgan fingerprint density at radius 3 is 2.64 bits per heavy atom. The molecule has 8 heteroatoms. The lowest BCUT2D eigenvalue weighted by Gasteiger charge is -2.41. The molecule has 0 aromatic carbocycles. The predicted molar refractivity (Wildman–Crippen MR) is 97.8 cm³/mol. The van der Waals surface area contributed by atoms with E-state index in [2.05, 4.69) is 15.1 Å². The lowest BCUT2D eigenvalue weighted by atomic mass is 9.74. The Kier molecular flexibility index (Phi) is 4.62. The van der Waals surface area contributed by atoms with Crippen molar-refractivity contribution in [1.29, 1.82) is 0 Å². The molecule has 1 fully saturated rings. The van der Waals surface area contributed by atoms with Crippen LogP contribution in [-0.2, 0) is 5.67 Å². The molecule has 0 spiro atoms. The van der Waals surface area contributed by atoms with E-state index >= 15 is 4.39 Å². The fraction of sp³-hybridized carbons (Fsp3) is 0.350. The zero-order chi connectivity index (χ0) is 19.7. The van der Waals surface area contributed by atoms with Crippen molar-refractivity contribution in [3.05, 3.63) is 48.3 Å². The maximum absolute atomic E-state index is 15.2. The Balaban J connectivity index is 1.37. The molecule has 3 aromatic heterocycles. The molecular formula is C20H20FN3O4. The van der Waals surface area contributed by atoms with Crippen LogP contribution in [0.3, 0.4) is 0 Å². The molecule has 1 aliphatic rings. The molecule has 28 heavy (non-hydrogen) atoms. The summed E-state index contributed by atoms with van der Waals surface area (Å²) >= 11 is 0. The van der Waals surface area contributed by atoms with Gasteiger partial charge in [-0.3, -0.25) is 0 Å². The minimum Gasteiger partial charge on any atom is -0.491 e. The number of hydrogen-bond donors (Lipinski definition) is 1. The molecule has 0 unspecified atom stereocenters. The van der Waals surface area contributed by atoms with Crippen LogP contribution in [0.25, 0.3) is 11.3 Å². The number of ether oxygens (including phenoxy) is 2. The molecule has 0 saturated heterocycles. The first-order valence-electron chi connectivity index (χ1n) is 9.02. The summed E-state index contributed by atoms with van der Waals surface area (Å²) in [5, 5.41) is 12.7. The van der Waals surface area contributed by atoms with E-state index in [1.807, 2.05) is 13.8 Å².